The van der Waals surface area contributed by atoms with Crippen LogP contribution in [0.15, 0.2) is 166 Å². The Morgan fingerprint density at radius 3 is 0.962 bits per heavy atom. The quantitative estimate of drug-likeness (QED) is 0.172. The van der Waals surface area contributed by atoms with Gasteiger partial charge in [0.1, 0.15) is 0 Å². The summed E-state index contributed by atoms with van der Waals surface area (Å²) >= 11 is 2.43. The fourth-order valence-electron chi connectivity index (χ4n) is 9.04. The molecule has 0 radical (unpaired) electrons. The van der Waals surface area contributed by atoms with Gasteiger partial charge in [-0.15, -0.1) is 0 Å². The second-order valence-corrected chi connectivity index (χ2v) is 19.1. The molecule has 7 rings (SSSR count). The number of rotatable bonds is 7. The van der Waals surface area contributed by atoms with Gasteiger partial charge < -0.3 is 37.2 Å². The number of benzene rings is 6. The van der Waals surface area contributed by atoms with Crippen molar-refractivity contribution in [2.75, 3.05) is 0 Å². The van der Waals surface area contributed by atoms with Gasteiger partial charge >= 0.3 is 314 Å². The van der Waals surface area contributed by atoms with Gasteiger partial charge in [-0.2, -0.15) is 0 Å². The molecule has 1 unspecified atom stereocenters. The molecule has 5 heteroatoms. The molecule has 6 aromatic rings. The van der Waals surface area contributed by atoms with Crippen LogP contribution in [0.5, 0.6) is 0 Å². The normalized spacial score (nSPS) is 15.4. The zero-order chi connectivity index (χ0) is 35.2. The Labute approximate surface area is 348 Å². The molecule has 0 fully saturated rings. The van der Waals surface area contributed by atoms with Crippen LogP contribution >= 0.6 is 0 Å². The van der Waals surface area contributed by atoms with Crippen molar-refractivity contribution in [3.63, 3.8) is 0 Å². The van der Waals surface area contributed by atoms with Crippen molar-refractivity contribution in [3.05, 3.63) is 183 Å². The SMILES string of the molecule is CC1=C(C)C(C)([Si](c2cccc(-c3ccccc3)c2C)(c2cccc(-c3ccccc3)c2C)c2cccc(-c3ccccc3)c2C)[C]([Ti+3])=C1C.[Cl-].[Cl-].[Cl-]. The summed E-state index contributed by atoms with van der Waals surface area (Å²) in [5.74, 6) is 0. The Kier molecular flexibility index (Phi) is 13.5. The molecule has 0 heterocycles. The van der Waals surface area contributed by atoms with E-state index >= 15 is 0 Å². The van der Waals surface area contributed by atoms with Gasteiger partial charge in [-0.05, 0) is 0 Å². The van der Waals surface area contributed by atoms with E-state index < -0.39 is 8.07 Å². The van der Waals surface area contributed by atoms with Gasteiger partial charge in [0.05, 0.1) is 0 Å². The van der Waals surface area contributed by atoms with Gasteiger partial charge in [0.15, 0.2) is 0 Å². The molecule has 0 saturated heterocycles. The fraction of sp³-hybridized carbons (Fsp3) is 0.167. The maximum atomic E-state index is 2.60. The topological polar surface area (TPSA) is 0 Å². The van der Waals surface area contributed by atoms with Crippen molar-refractivity contribution in [2.45, 2.75) is 53.5 Å². The first-order valence-corrected chi connectivity index (χ1v) is 20.5. The molecule has 0 saturated carbocycles. The summed E-state index contributed by atoms with van der Waals surface area (Å²) in [7, 11) is -3.07. The van der Waals surface area contributed by atoms with Crippen LogP contribution < -0.4 is 52.8 Å². The van der Waals surface area contributed by atoms with Crippen molar-refractivity contribution in [2.24, 2.45) is 0 Å². The first kappa shape index (κ1) is 42.3. The Balaban J connectivity index is 0.00000209. The molecular weight excluding hydrogens is 759 g/mol. The van der Waals surface area contributed by atoms with E-state index in [2.05, 4.69) is 214 Å². The third kappa shape index (κ3) is 6.69. The predicted molar refractivity (Wildman–Crippen MR) is 214 cm³/mol. The summed E-state index contributed by atoms with van der Waals surface area (Å²) in [4.78, 5) is 0. The van der Waals surface area contributed by atoms with Gasteiger partial charge in [0.25, 0.3) is 0 Å². The monoisotopic (exact) mass is 802 g/mol. The molecule has 1 aliphatic rings. The first-order chi connectivity index (χ1) is 24.1. The van der Waals surface area contributed by atoms with Crippen LogP contribution in [0.4, 0.5) is 0 Å². The Morgan fingerprint density at radius 1 is 0.396 bits per heavy atom. The van der Waals surface area contributed by atoms with Gasteiger partial charge in [-0.3, -0.25) is 0 Å². The number of allylic oxidation sites excluding steroid dienone is 4. The van der Waals surface area contributed by atoms with Crippen LogP contribution in [0, 0.1) is 20.8 Å². The maximum absolute atomic E-state index is 3.07. The zero-order valence-electron chi connectivity index (χ0n) is 31.5. The zero-order valence-corrected chi connectivity index (χ0v) is 36.3. The molecule has 0 bridgehead atoms. The molecule has 0 N–H and O–H groups in total. The Morgan fingerprint density at radius 2 is 0.698 bits per heavy atom. The minimum atomic E-state index is -3.07. The van der Waals surface area contributed by atoms with E-state index in [4.69, 9.17) is 0 Å². The van der Waals surface area contributed by atoms with Gasteiger partial charge in [0.2, 0.25) is 0 Å². The van der Waals surface area contributed by atoms with E-state index in [0.717, 1.165) is 0 Å². The second kappa shape index (κ2) is 17.0. The largest absolute Gasteiger partial charge is 1.00 e. The van der Waals surface area contributed by atoms with Crippen LogP contribution in [-0.4, -0.2) is 8.07 Å². The van der Waals surface area contributed by atoms with E-state index in [1.165, 1.54) is 86.2 Å². The van der Waals surface area contributed by atoms with Crippen LogP contribution in [0.2, 0.25) is 5.04 Å². The predicted octanol–water partition coefficient (Wildman–Crippen LogP) is 2.03. The average Bonchev–Trinajstić information content (AvgIpc) is 3.30. The summed E-state index contributed by atoms with van der Waals surface area (Å²) in [5.41, 5.74) is 16.2. The van der Waals surface area contributed by atoms with E-state index in [1.54, 1.807) is 0 Å². The molecule has 0 amide bonds. The second-order valence-electron chi connectivity index (χ2n) is 14.2. The molecule has 266 valence electrons. The van der Waals surface area contributed by atoms with Crippen molar-refractivity contribution in [3.8, 4) is 33.4 Å². The fourth-order valence-corrected chi connectivity index (χ4v) is 17.4. The minimum Gasteiger partial charge on any atom is -1.00 e. The molecule has 6 aromatic carbocycles. The molecule has 1 aliphatic carbocycles. The Hall–Kier alpha value is -3.40. The van der Waals surface area contributed by atoms with Crippen molar-refractivity contribution >= 4 is 23.6 Å². The van der Waals surface area contributed by atoms with Crippen molar-refractivity contribution in [1.82, 2.24) is 0 Å². The molecule has 0 spiro atoms. The summed E-state index contributed by atoms with van der Waals surface area (Å²) in [6, 6.07) is 54.4. The summed E-state index contributed by atoms with van der Waals surface area (Å²) in [6.07, 6.45) is 0. The number of halogens is 3. The average molecular weight is 804 g/mol. The summed E-state index contributed by atoms with van der Waals surface area (Å²) in [5, 5.41) is 4.24. The molecule has 0 aromatic heterocycles. The van der Waals surface area contributed by atoms with E-state index in [9.17, 15) is 0 Å². The smallest absolute Gasteiger partial charge is 1.00 e. The molecule has 0 nitrogen and oxygen atoms in total. The van der Waals surface area contributed by atoms with E-state index in [0.29, 0.717) is 0 Å². The standard InChI is InChI=1S/C48H45Si.3ClH.Ti/c1-33-32-48(7,38(6)34(33)2)49(45-29-17-26-42(35(45)3)39-20-11-8-12-21-39,46-30-18-27-43(36(46)4)40-22-13-9-14-23-40)47-31-19-28-44(37(47)5)41-24-15-10-16-25-41;;;;/h8-31H,1-7H3;3*1H;/q;;;;+3/p-3. The van der Waals surface area contributed by atoms with Crippen molar-refractivity contribution in [1.29, 1.82) is 0 Å². The number of hydrogen-bond donors (Lipinski definition) is 0. The molecular formula is C48H45Cl3SiTi. The van der Waals surface area contributed by atoms with Crippen LogP contribution in [0.25, 0.3) is 33.4 Å². The van der Waals surface area contributed by atoms with Gasteiger partial charge in [0, 0.05) is 0 Å². The van der Waals surface area contributed by atoms with Crippen LogP contribution in [-0.2, 0) is 20.4 Å². The van der Waals surface area contributed by atoms with E-state index in [1.807, 2.05) is 0 Å². The molecule has 1 atom stereocenters. The van der Waals surface area contributed by atoms with Crippen molar-refractivity contribution < 1.29 is 57.7 Å². The summed E-state index contributed by atoms with van der Waals surface area (Å²) in [6.45, 7) is 16.9. The first-order valence-electron chi connectivity index (χ1n) is 17.7. The van der Waals surface area contributed by atoms with Gasteiger partial charge in [-0.25, -0.2) is 0 Å². The molecule has 53 heavy (non-hydrogen) atoms. The van der Waals surface area contributed by atoms with Crippen LogP contribution in [0.1, 0.15) is 44.4 Å². The summed E-state index contributed by atoms with van der Waals surface area (Å²) < 4.78 is 1.50. The van der Waals surface area contributed by atoms with E-state index in [-0.39, 0.29) is 42.3 Å². The number of hydrogen-bond acceptors (Lipinski definition) is 0. The minimum absolute atomic E-state index is 0. The Bertz CT molecular complexity index is 2060. The third-order valence-electron chi connectivity index (χ3n) is 12.0. The third-order valence-corrected chi connectivity index (χ3v) is 19.9. The van der Waals surface area contributed by atoms with Gasteiger partial charge in [-0.1, -0.05) is 0 Å². The maximum Gasteiger partial charge on any atom is -1.00 e. The van der Waals surface area contributed by atoms with Crippen LogP contribution in [0.3, 0.4) is 0 Å². The molecule has 0 aliphatic heterocycles.